The number of hydrogen-bond donors (Lipinski definition) is 1. The van der Waals surface area contributed by atoms with Gasteiger partial charge in [-0.3, -0.25) is 0 Å². The lowest BCUT2D eigenvalue weighted by Crippen LogP contribution is -2.42. The van der Waals surface area contributed by atoms with E-state index in [9.17, 15) is 8.42 Å². The predicted molar refractivity (Wildman–Crippen MR) is 53.1 cm³/mol. The molecule has 1 atom stereocenters. The molecule has 0 heterocycles. The summed E-state index contributed by atoms with van der Waals surface area (Å²) in [6, 6.07) is 1.67. The van der Waals surface area contributed by atoms with Gasteiger partial charge in [0.2, 0.25) is 10.0 Å². The van der Waals surface area contributed by atoms with E-state index >= 15 is 0 Å². The molecular weight excluding hydrogens is 204 g/mol. The van der Waals surface area contributed by atoms with Crippen LogP contribution < -0.4 is 4.72 Å². The fourth-order valence-corrected chi connectivity index (χ4v) is 1.48. The number of ether oxygens (including phenoxy) is 1. The van der Waals surface area contributed by atoms with Crippen molar-refractivity contribution in [3.63, 3.8) is 0 Å². The first kappa shape index (κ1) is 13.4. The molecule has 5 nitrogen and oxygen atoms in total. The SMILES string of the molecule is COC(C)(C)CNS(=O)(=O)C(C)C#N. The summed E-state index contributed by atoms with van der Waals surface area (Å²) in [5.74, 6) is 0. The van der Waals surface area contributed by atoms with E-state index in [1.165, 1.54) is 14.0 Å². The van der Waals surface area contributed by atoms with Crippen molar-refractivity contribution in [2.45, 2.75) is 31.6 Å². The van der Waals surface area contributed by atoms with E-state index in [0.29, 0.717) is 0 Å². The Labute approximate surface area is 85.1 Å². The summed E-state index contributed by atoms with van der Waals surface area (Å²) < 4.78 is 30.0. The van der Waals surface area contributed by atoms with Crippen LogP contribution in [0.3, 0.4) is 0 Å². The molecule has 0 saturated carbocycles. The number of methoxy groups -OCH3 is 1. The van der Waals surface area contributed by atoms with Crippen LogP contribution in [0.5, 0.6) is 0 Å². The predicted octanol–water partition coefficient (Wildman–Crippen LogP) is 0.243. The van der Waals surface area contributed by atoms with Gasteiger partial charge in [0, 0.05) is 13.7 Å². The molecule has 0 aromatic rings. The van der Waals surface area contributed by atoms with Crippen molar-refractivity contribution in [2.24, 2.45) is 0 Å². The summed E-state index contributed by atoms with van der Waals surface area (Å²) in [5.41, 5.74) is -0.567. The summed E-state index contributed by atoms with van der Waals surface area (Å²) in [6.07, 6.45) is 0. The summed E-state index contributed by atoms with van der Waals surface area (Å²) >= 11 is 0. The zero-order valence-electron chi connectivity index (χ0n) is 8.86. The second kappa shape index (κ2) is 4.73. The van der Waals surface area contributed by atoms with Gasteiger partial charge in [-0.1, -0.05) is 0 Å². The van der Waals surface area contributed by atoms with E-state index in [-0.39, 0.29) is 6.54 Å². The molecule has 14 heavy (non-hydrogen) atoms. The highest BCUT2D eigenvalue weighted by Gasteiger charge is 2.24. The third-order valence-corrected chi connectivity index (χ3v) is 3.48. The molecule has 0 aliphatic heterocycles. The molecule has 1 N–H and O–H groups in total. The fraction of sp³-hybridized carbons (Fsp3) is 0.875. The quantitative estimate of drug-likeness (QED) is 0.720. The Kier molecular flexibility index (Phi) is 4.52. The molecule has 0 aliphatic rings. The van der Waals surface area contributed by atoms with Gasteiger partial charge in [0.25, 0.3) is 0 Å². The highest BCUT2D eigenvalue weighted by atomic mass is 32.2. The van der Waals surface area contributed by atoms with E-state index in [4.69, 9.17) is 10.00 Å². The van der Waals surface area contributed by atoms with Crippen molar-refractivity contribution in [1.29, 1.82) is 5.26 Å². The minimum Gasteiger partial charge on any atom is -0.377 e. The molecule has 0 fully saturated rings. The Balaban J connectivity index is 4.36. The Morgan fingerprint density at radius 3 is 2.43 bits per heavy atom. The zero-order chi connectivity index (χ0) is 11.4. The highest BCUT2D eigenvalue weighted by molar-refractivity contribution is 7.90. The van der Waals surface area contributed by atoms with Crippen LogP contribution >= 0.6 is 0 Å². The second-order valence-electron chi connectivity index (χ2n) is 3.60. The molecule has 0 aliphatic carbocycles. The van der Waals surface area contributed by atoms with Gasteiger partial charge in [0.1, 0.15) is 0 Å². The molecule has 0 rings (SSSR count). The van der Waals surface area contributed by atoms with Crippen LogP contribution in [0.15, 0.2) is 0 Å². The van der Waals surface area contributed by atoms with Gasteiger partial charge in [-0.15, -0.1) is 0 Å². The minimum absolute atomic E-state index is 0.151. The van der Waals surface area contributed by atoms with Crippen molar-refractivity contribution < 1.29 is 13.2 Å². The van der Waals surface area contributed by atoms with Gasteiger partial charge in [-0.05, 0) is 20.8 Å². The third kappa shape index (κ3) is 4.05. The molecule has 0 amide bonds. The van der Waals surface area contributed by atoms with E-state index in [1.54, 1.807) is 19.9 Å². The van der Waals surface area contributed by atoms with E-state index < -0.39 is 20.9 Å². The van der Waals surface area contributed by atoms with Crippen LogP contribution in [0.4, 0.5) is 0 Å². The monoisotopic (exact) mass is 220 g/mol. The van der Waals surface area contributed by atoms with E-state index in [1.807, 2.05) is 0 Å². The highest BCUT2D eigenvalue weighted by Crippen LogP contribution is 2.06. The molecule has 1 unspecified atom stereocenters. The summed E-state index contributed by atoms with van der Waals surface area (Å²) in [4.78, 5) is 0. The van der Waals surface area contributed by atoms with E-state index in [2.05, 4.69) is 4.72 Å². The number of hydrogen-bond acceptors (Lipinski definition) is 4. The van der Waals surface area contributed by atoms with E-state index in [0.717, 1.165) is 0 Å². The number of rotatable bonds is 5. The summed E-state index contributed by atoms with van der Waals surface area (Å²) in [6.45, 7) is 5.00. The van der Waals surface area contributed by atoms with Crippen LogP contribution in [0.1, 0.15) is 20.8 Å². The minimum atomic E-state index is -3.54. The lowest BCUT2D eigenvalue weighted by molar-refractivity contribution is 0.0276. The number of nitrogens with one attached hydrogen (secondary N) is 1. The topological polar surface area (TPSA) is 79.2 Å². The maximum Gasteiger partial charge on any atom is 0.227 e. The van der Waals surface area contributed by atoms with Crippen molar-refractivity contribution in [3.8, 4) is 6.07 Å². The van der Waals surface area contributed by atoms with Gasteiger partial charge < -0.3 is 4.74 Å². The van der Waals surface area contributed by atoms with Crippen molar-refractivity contribution in [2.75, 3.05) is 13.7 Å². The van der Waals surface area contributed by atoms with Crippen molar-refractivity contribution >= 4 is 10.0 Å². The lowest BCUT2D eigenvalue weighted by Gasteiger charge is -2.23. The summed E-state index contributed by atoms with van der Waals surface area (Å²) in [7, 11) is -2.04. The standard InChI is InChI=1S/C8H16N2O3S/c1-7(5-9)14(11,12)10-6-8(2,3)13-4/h7,10H,6H2,1-4H3. The fourth-order valence-electron chi connectivity index (χ4n) is 0.541. The average molecular weight is 220 g/mol. The van der Waals surface area contributed by atoms with Gasteiger partial charge in [-0.2, -0.15) is 5.26 Å². The van der Waals surface area contributed by atoms with Crippen LogP contribution in [0, 0.1) is 11.3 Å². The maximum absolute atomic E-state index is 11.3. The van der Waals surface area contributed by atoms with Gasteiger partial charge in [0.05, 0.1) is 11.7 Å². The van der Waals surface area contributed by atoms with Gasteiger partial charge >= 0.3 is 0 Å². The van der Waals surface area contributed by atoms with Crippen LogP contribution in [-0.4, -0.2) is 32.9 Å². The van der Waals surface area contributed by atoms with Crippen LogP contribution in [-0.2, 0) is 14.8 Å². The number of nitrogens with zero attached hydrogens (tertiary/aromatic N) is 1. The smallest absolute Gasteiger partial charge is 0.227 e. The first-order valence-electron chi connectivity index (χ1n) is 4.18. The maximum atomic E-state index is 11.3. The van der Waals surface area contributed by atoms with Crippen LogP contribution in [0.25, 0.3) is 0 Å². The summed E-state index contributed by atoms with van der Waals surface area (Å²) in [5, 5.41) is 7.41. The molecule has 0 aromatic heterocycles. The Morgan fingerprint density at radius 1 is 1.57 bits per heavy atom. The van der Waals surface area contributed by atoms with Gasteiger partial charge in [0.15, 0.2) is 5.25 Å². The number of sulfonamides is 1. The number of nitriles is 1. The Bertz CT molecular complexity index is 316. The molecule has 0 radical (unpaired) electrons. The normalized spacial score (nSPS) is 14.8. The van der Waals surface area contributed by atoms with Crippen LogP contribution in [0.2, 0.25) is 0 Å². The Hall–Kier alpha value is -0.640. The molecule has 0 saturated heterocycles. The molecular formula is C8H16N2O3S. The average Bonchev–Trinajstić information content (AvgIpc) is 2.14. The zero-order valence-corrected chi connectivity index (χ0v) is 9.68. The third-order valence-electron chi connectivity index (χ3n) is 1.90. The first-order chi connectivity index (χ1) is 6.25. The van der Waals surface area contributed by atoms with Crippen molar-refractivity contribution in [3.05, 3.63) is 0 Å². The molecule has 0 bridgehead atoms. The van der Waals surface area contributed by atoms with Gasteiger partial charge in [-0.25, -0.2) is 13.1 Å². The molecule has 82 valence electrons. The van der Waals surface area contributed by atoms with Crippen molar-refractivity contribution in [1.82, 2.24) is 4.72 Å². The molecule has 0 spiro atoms. The largest absolute Gasteiger partial charge is 0.377 e. The first-order valence-corrected chi connectivity index (χ1v) is 5.73. The second-order valence-corrected chi connectivity index (χ2v) is 5.69. The molecule has 6 heteroatoms. The Morgan fingerprint density at radius 2 is 2.07 bits per heavy atom. The molecule has 0 aromatic carbocycles. The lowest BCUT2D eigenvalue weighted by atomic mass is 10.1.